The van der Waals surface area contributed by atoms with Crippen LogP contribution in [-0.4, -0.2) is 26.9 Å². The number of fused-ring (bicyclic) bond motifs is 1. The number of halogens is 3. The Kier molecular flexibility index (Phi) is 7.16. The van der Waals surface area contributed by atoms with Crippen molar-refractivity contribution >= 4 is 20.8 Å². The fourth-order valence-electron chi connectivity index (χ4n) is 4.60. The van der Waals surface area contributed by atoms with Gasteiger partial charge in [-0.3, -0.25) is 0 Å². The molecule has 0 radical (unpaired) electrons. The van der Waals surface area contributed by atoms with Gasteiger partial charge in [-0.1, -0.05) is 55.3 Å². The zero-order chi connectivity index (χ0) is 24.3. The van der Waals surface area contributed by atoms with Gasteiger partial charge in [0.15, 0.2) is 0 Å². The SMILES string of the molecule is C[C@@H](N[C@@H]1CCCC[C@H]1NS(=O)(=O)c1ccc(OC(F)(F)F)cc1)c1cccc2ccccc12. The maximum atomic E-state index is 13.0. The van der Waals surface area contributed by atoms with E-state index >= 15 is 0 Å². The standard InChI is InChI=1S/C25H27F3N2O3S/c1-17(21-10-6-8-18-7-2-3-9-22(18)21)29-23-11-4-5-12-24(23)30-34(31,32)20-15-13-19(14-16-20)33-25(26,27)28/h2-3,6-10,13-17,23-24,29-30H,4-5,11-12H2,1H3/t17-,23-,24-/m1/s1. The van der Waals surface area contributed by atoms with Gasteiger partial charge in [0.1, 0.15) is 5.75 Å². The second-order valence-electron chi connectivity index (χ2n) is 8.59. The summed E-state index contributed by atoms with van der Waals surface area (Å²) in [7, 11) is -3.92. The molecule has 0 amide bonds. The molecule has 182 valence electrons. The summed E-state index contributed by atoms with van der Waals surface area (Å²) in [5, 5.41) is 5.91. The molecular formula is C25H27F3N2O3S. The summed E-state index contributed by atoms with van der Waals surface area (Å²) in [4.78, 5) is -0.103. The highest BCUT2D eigenvalue weighted by Gasteiger charge is 2.32. The molecule has 0 aromatic heterocycles. The molecule has 2 N–H and O–H groups in total. The predicted molar refractivity (Wildman–Crippen MR) is 125 cm³/mol. The van der Waals surface area contributed by atoms with Crippen LogP contribution in [0.25, 0.3) is 10.8 Å². The number of nitrogens with one attached hydrogen (secondary N) is 2. The topological polar surface area (TPSA) is 67.4 Å². The van der Waals surface area contributed by atoms with Gasteiger partial charge in [0.2, 0.25) is 10.0 Å². The molecule has 0 aliphatic heterocycles. The van der Waals surface area contributed by atoms with Crippen molar-refractivity contribution in [1.82, 2.24) is 10.0 Å². The average molecular weight is 493 g/mol. The summed E-state index contributed by atoms with van der Waals surface area (Å²) < 4.78 is 69.7. The minimum atomic E-state index is -4.83. The van der Waals surface area contributed by atoms with Crippen molar-refractivity contribution < 1.29 is 26.3 Å². The number of sulfonamides is 1. The first-order valence-corrected chi connectivity index (χ1v) is 12.7. The first-order valence-electron chi connectivity index (χ1n) is 11.2. The van der Waals surface area contributed by atoms with E-state index in [4.69, 9.17) is 0 Å². The number of hydrogen-bond donors (Lipinski definition) is 2. The molecule has 9 heteroatoms. The molecule has 3 aromatic carbocycles. The lowest BCUT2D eigenvalue weighted by Gasteiger charge is -2.35. The van der Waals surface area contributed by atoms with Crippen LogP contribution in [0.3, 0.4) is 0 Å². The Morgan fingerprint density at radius 2 is 1.56 bits per heavy atom. The molecule has 34 heavy (non-hydrogen) atoms. The lowest BCUT2D eigenvalue weighted by Crippen LogP contribution is -2.52. The van der Waals surface area contributed by atoms with Gasteiger partial charge in [-0.15, -0.1) is 13.2 Å². The summed E-state index contributed by atoms with van der Waals surface area (Å²) in [6.45, 7) is 2.07. The van der Waals surface area contributed by atoms with Crippen LogP contribution in [0.5, 0.6) is 5.75 Å². The van der Waals surface area contributed by atoms with Crippen LogP contribution in [0.15, 0.2) is 71.6 Å². The molecule has 4 rings (SSSR count). The van der Waals surface area contributed by atoms with Gasteiger partial charge >= 0.3 is 6.36 Å². The van der Waals surface area contributed by atoms with Crippen molar-refractivity contribution in [1.29, 1.82) is 0 Å². The summed E-state index contributed by atoms with van der Waals surface area (Å²) in [5.74, 6) is -0.465. The molecule has 1 saturated carbocycles. The number of hydrogen-bond acceptors (Lipinski definition) is 4. The van der Waals surface area contributed by atoms with Gasteiger partial charge in [0, 0.05) is 18.1 Å². The van der Waals surface area contributed by atoms with Crippen molar-refractivity contribution in [2.24, 2.45) is 0 Å². The van der Waals surface area contributed by atoms with E-state index in [0.29, 0.717) is 6.42 Å². The van der Waals surface area contributed by atoms with E-state index in [1.54, 1.807) is 0 Å². The fourth-order valence-corrected chi connectivity index (χ4v) is 5.91. The molecule has 1 aliphatic carbocycles. The van der Waals surface area contributed by atoms with Crippen molar-refractivity contribution in [3.05, 3.63) is 72.3 Å². The summed E-state index contributed by atoms with van der Waals surface area (Å²) in [6, 6.07) is 18.1. The van der Waals surface area contributed by atoms with Crippen molar-refractivity contribution in [2.45, 2.75) is 62.0 Å². The van der Waals surface area contributed by atoms with E-state index in [9.17, 15) is 21.6 Å². The van der Waals surface area contributed by atoms with Gasteiger partial charge in [0.05, 0.1) is 4.90 Å². The van der Waals surface area contributed by atoms with Gasteiger partial charge in [-0.2, -0.15) is 0 Å². The van der Waals surface area contributed by atoms with Gasteiger partial charge in [-0.25, -0.2) is 13.1 Å². The molecule has 0 unspecified atom stereocenters. The third-order valence-corrected chi connectivity index (χ3v) is 7.70. The summed E-state index contributed by atoms with van der Waals surface area (Å²) >= 11 is 0. The molecular weight excluding hydrogens is 465 g/mol. The van der Waals surface area contributed by atoms with Crippen molar-refractivity contribution in [3.63, 3.8) is 0 Å². The summed E-state index contributed by atoms with van der Waals surface area (Å²) in [5.41, 5.74) is 1.14. The highest BCUT2D eigenvalue weighted by Crippen LogP contribution is 2.28. The molecule has 1 fully saturated rings. The number of alkyl halides is 3. The van der Waals surface area contributed by atoms with Gasteiger partial charge < -0.3 is 10.1 Å². The lowest BCUT2D eigenvalue weighted by molar-refractivity contribution is -0.274. The third kappa shape index (κ3) is 5.89. The van der Waals surface area contributed by atoms with E-state index < -0.39 is 22.1 Å². The van der Waals surface area contributed by atoms with Gasteiger partial charge in [-0.05, 0) is 60.4 Å². The average Bonchev–Trinajstić information content (AvgIpc) is 2.79. The fraction of sp³-hybridized carbons (Fsp3) is 0.360. The Bertz CT molecular complexity index is 1220. The van der Waals surface area contributed by atoms with Crippen LogP contribution in [-0.2, 0) is 10.0 Å². The second-order valence-corrected chi connectivity index (χ2v) is 10.3. The van der Waals surface area contributed by atoms with Crippen LogP contribution in [0.4, 0.5) is 13.2 Å². The zero-order valence-corrected chi connectivity index (χ0v) is 19.5. The van der Waals surface area contributed by atoms with Crippen molar-refractivity contribution in [3.8, 4) is 5.75 Å². The first kappa shape index (κ1) is 24.5. The largest absolute Gasteiger partial charge is 0.573 e. The quantitative estimate of drug-likeness (QED) is 0.445. The molecule has 0 bridgehead atoms. The zero-order valence-electron chi connectivity index (χ0n) is 18.7. The lowest BCUT2D eigenvalue weighted by atomic mass is 9.89. The van der Waals surface area contributed by atoms with Crippen LogP contribution < -0.4 is 14.8 Å². The Morgan fingerprint density at radius 1 is 0.912 bits per heavy atom. The highest BCUT2D eigenvalue weighted by atomic mass is 32.2. The molecule has 3 aromatic rings. The molecule has 5 nitrogen and oxygen atoms in total. The molecule has 0 saturated heterocycles. The molecule has 0 heterocycles. The maximum Gasteiger partial charge on any atom is 0.573 e. The minimum absolute atomic E-state index is 0.00000451. The smallest absolute Gasteiger partial charge is 0.406 e. The second kappa shape index (κ2) is 9.93. The normalized spacial score (nSPS) is 20.2. The van der Waals surface area contributed by atoms with Crippen LogP contribution in [0.1, 0.15) is 44.2 Å². The predicted octanol–water partition coefficient (Wildman–Crippen LogP) is 5.68. The first-order chi connectivity index (χ1) is 16.1. The molecule has 3 atom stereocenters. The molecule has 1 aliphatic rings. The third-order valence-electron chi connectivity index (χ3n) is 6.19. The van der Waals surface area contributed by atoms with Crippen LogP contribution >= 0.6 is 0 Å². The van der Waals surface area contributed by atoms with E-state index in [1.165, 1.54) is 0 Å². The van der Waals surface area contributed by atoms with E-state index in [0.717, 1.165) is 59.9 Å². The Morgan fingerprint density at radius 3 is 2.26 bits per heavy atom. The maximum absolute atomic E-state index is 13.0. The Labute approximate surface area is 197 Å². The number of benzene rings is 3. The van der Waals surface area contributed by atoms with Crippen LogP contribution in [0.2, 0.25) is 0 Å². The highest BCUT2D eigenvalue weighted by molar-refractivity contribution is 7.89. The number of rotatable bonds is 7. The van der Waals surface area contributed by atoms with E-state index in [-0.39, 0.29) is 23.0 Å². The minimum Gasteiger partial charge on any atom is -0.406 e. The van der Waals surface area contributed by atoms with Crippen LogP contribution in [0, 0.1) is 0 Å². The monoisotopic (exact) mass is 492 g/mol. The van der Waals surface area contributed by atoms with E-state index in [2.05, 4.69) is 46.0 Å². The Hall–Kier alpha value is -2.62. The molecule has 0 spiro atoms. The number of ether oxygens (including phenoxy) is 1. The summed E-state index contributed by atoms with van der Waals surface area (Å²) in [6.07, 6.45) is -1.45. The van der Waals surface area contributed by atoms with Gasteiger partial charge in [0.25, 0.3) is 0 Å². The van der Waals surface area contributed by atoms with Crippen molar-refractivity contribution in [2.75, 3.05) is 0 Å². The van der Waals surface area contributed by atoms with E-state index in [1.807, 2.05) is 18.2 Å². The Balaban J connectivity index is 1.48.